The summed E-state index contributed by atoms with van der Waals surface area (Å²) in [5.41, 5.74) is 1.13. The van der Waals surface area contributed by atoms with Crippen LogP contribution in [0.2, 0.25) is 0 Å². The molecule has 0 aliphatic carbocycles. The first-order valence-corrected chi connectivity index (χ1v) is 7.21. The standard InChI is InChI=1S/C15H10N4OS/c1-2-5-11(6-3-1)8-9-13-18-19-14(12-7-4-10-20-12)16-17-15(19)21-13/h1-10H/b9-8+. The predicted octanol–water partition coefficient (Wildman–Crippen LogP) is 3.62. The summed E-state index contributed by atoms with van der Waals surface area (Å²) >= 11 is 1.48. The molecule has 0 amide bonds. The molecule has 4 rings (SSSR count). The maximum absolute atomic E-state index is 5.35. The number of hydrogen-bond donors (Lipinski definition) is 0. The van der Waals surface area contributed by atoms with E-state index >= 15 is 0 Å². The van der Waals surface area contributed by atoms with Gasteiger partial charge in [0.2, 0.25) is 10.8 Å². The number of benzene rings is 1. The highest BCUT2D eigenvalue weighted by molar-refractivity contribution is 7.17. The monoisotopic (exact) mass is 294 g/mol. The fraction of sp³-hybridized carbons (Fsp3) is 0. The highest BCUT2D eigenvalue weighted by Gasteiger charge is 2.13. The molecular weight excluding hydrogens is 284 g/mol. The lowest BCUT2D eigenvalue weighted by atomic mass is 10.2. The Morgan fingerprint density at radius 3 is 2.71 bits per heavy atom. The largest absolute Gasteiger partial charge is 0.461 e. The third-order valence-electron chi connectivity index (χ3n) is 2.97. The Balaban J connectivity index is 1.70. The minimum Gasteiger partial charge on any atom is -0.461 e. The minimum absolute atomic E-state index is 0.616. The Morgan fingerprint density at radius 2 is 1.90 bits per heavy atom. The van der Waals surface area contributed by atoms with Gasteiger partial charge in [0.15, 0.2) is 5.76 Å². The molecule has 0 saturated heterocycles. The van der Waals surface area contributed by atoms with E-state index in [0.29, 0.717) is 11.6 Å². The van der Waals surface area contributed by atoms with Gasteiger partial charge in [0, 0.05) is 0 Å². The van der Waals surface area contributed by atoms with Crippen LogP contribution in [-0.4, -0.2) is 19.8 Å². The van der Waals surface area contributed by atoms with Gasteiger partial charge in [0.1, 0.15) is 5.01 Å². The summed E-state index contributed by atoms with van der Waals surface area (Å²) in [6.07, 6.45) is 5.61. The van der Waals surface area contributed by atoms with Crippen LogP contribution >= 0.6 is 11.3 Å². The SMILES string of the molecule is C(=C\c1nn2c(-c3ccco3)nnc2s1)/c1ccccc1. The zero-order chi connectivity index (χ0) is 14.1. The van der Waals surface area contributed by atoms with Crippen LogP contribution in [0.5, 0.6) is 0 Å². The molecule has 1 aromatic carbocycles. The van der Waals surface area contributed by atoms with Crippen molar-refractivity contribution >= 4 is 28.4 Å². The maximum Gasteiger partial charge on any atom is 0.235 e. The topological polar surface area (TPSA) is 56.2 Å². The van der Waals surface area contributed by atoms with E-state index < -0.39 is 0 Å². The Hall–Kier alpha value is -2.73. The van der Waals surface area contributed by atoms with Gasteiger partial charge in [-0.25, -0.2) is 0 Å². The van der Waals surface area contributed by atoms with Gasteiger partial charge in [-0.2, -0.15) is 9.61 Å². The third kappa shape index (κ3) is 2.25. The van der Waals surface area contributed by atoms with Crippen molar-refractivity contribution in [1.29, 1.82) is 0 Å². The predicted molar refractivity (Wildman–Crippen MR) is 81.7 cm³/mol. The molecule has 6 heteroatoms. The van der Waals surface area contributed by atoms with Gasteiger partial charge >= 0.3 is 0 Å². The van der Waals surface area contributed by atoms with E-state index in [4.69, 9.17) is 4.42 Å². The summed E-state index contributed by atoms with van der Waals surface area (Å²) in [6.45, 7) is 0. The molecule has 0 atom stereocenters. The zero-order valence-electron chi connectivity index (χ0n) is 10.9. The Bertz CT molecular complexity index is 890. The van der Waals surface area contributed by atoms with E-state index in [0.717, 1.165) is 15.5 Å². The Morgan fingerprint density at radius 1 is 1.00 bits per heavy atom. The van der Waals surface area contributed by atoms with Crippen molar-refractivity contribution in [3.05, 3.63) is 59.3 Å². The van der Waals surface area contributed by atoms with E-state index in [1.165, 1.54) is 11.3 Å². The molecule has 0 unspecified atom stereocenters. The van der Waals surface area contributed by atoms with Crippen molar-refractivity contribution in [3.8, 4) is 11.6 Å². The number of nitrogens with zero attached hydrogens (tertiary/aromatic N) is 4. The first-order valence-electron chi connectivity index (χ1n) is 6.39. The molecule has 0 N–H and O–H groups in total. The van der Waals surface area contributed by atoms with Gasteiger partial charge in [-0.1, -0.05) is 47.7 Å². The Labute approximate surface area is 124 Å². The van der Waals surface area contributed by atoms with E-state index in [1.54, 1.807) is 10.8 Å². The molecule has 0 aliphatic rings. The van der Waals surface area contributed by atoms with Crippen LogP contribution < -0.4 is 0 Å². The summed E-state index contributed by atoms with van der Waals surface area (Å²) < 4.78 is 7.05. The summed E-state index contributed by atoms with van der Waals surface area (Å²) in [5.74, 6) is 1.28. The molecule has 0 spiro atoms. The molecule has 0 bridgehead atoms. The average Bonchev–Trinajstić information content (AvgIpc) is 3.22. The van der Waals surface area contributed by atoms with E-state index in [9.17, 15) is 0 Å². The van der Waals surface area contributed by atoms with Gasteiger partial charge < -0.3 is 4.42 Å². The number of fused-ring (bicyclic) bond motifs is 1. The fourth-order valence-corrected chi connectivity index (χ4v) is 2.73. The molecule has 0 aliphatic heterocycles. The normalized spacial score (nSPS) is 11.6. The second kappa shape index (κ2) is 4.99. The minimum atomic E-state index is 0.616. The number of hydrogen-bond acceptors (Lipinski definition) is 5. The molecule has 4 aromatic rings. The van der Waals surface area contributed by atoms with E-state index in [-0.39, 0.29) is 0 Å². The fourth-order valence-electron chi connectivity index (χ4n) is 1.99. The molecule has 0 radical (unpaired) electrons. The lowest BCUT2D eigenvalue weighted by Crippen LogP contribution is -1.88. The van der Waals surface area contributed by atoms with E-state index in [1.807, 2.05) is 54.6 Å². The number of furan rings is 1. The summed E-state index contributed by atoms with van der Waals surface area (Å²) in [4.78, 5) is 0.745. The van der Waals surface area contributed by atoms with Crippen molar-refractivity contribution in [2.45, 2.75) is 0 Å². The highest BCUT2D eigenvalue weighted by atomic mass is 32.1. The zero-order valence-corrected chi connectivity index (χ0v) is 11.7. The number of rotatable bonds is 3. The maximum atomic E-state index is 5.35. The molecule has 0 saturated carbocycles. The molecular formula is C15H10N4OS. The Kier molecular flexibility index (Phi) is 2.86. The third-order valence-corrected chi connectivity index (χ3v) is 3.83. The molecule has 5 nitrogen and oxygen atoms in total. The van der Waals surface area contributed by atoms with Crippen molar-refractivity contribution in [2.75, 3.05) is 0 Å². The van der Waals surface area contributed by atoms with Crippen molar-refractivity contribution in [1.82, 2.24) is 19.8 Å². The van der Waals surface area contributed by atoms with Crippen LogP contribution in [0.15, 0.2) is 53.1 Å². The molecule has 102 valence electrons. The lowest BCUT2D eigenvalue weighted by molar-refractivity contribution is 0.575. The van der Waals surface area contributed by atoms with Crippen molar-refractivity contribution < 1.29 is 4.42 Å². The van der Waals surface area contributed by atoms with Crippen molar-refractivity contribution in [2.24, 2.45) is 0 Å². The molecule has 3 heterocycles. The van der Waals surface area contributed by atoms with Crippen LogP contribution in [0.4, 0.5) is 0 Å². The highest BCUT2D eigenvalue weighted by Crippen LogP contribution is 2.22. The second-order valence-electron chi connectivity index (χ2n) is 4.38. The van der Waals surface area contributed by atoms with Gasteiger partial charge in [-0.15, -0.1) is 10.2 Å². The molecule has 21 heavy (non-hydrogen) atoms. The van der Waals surface area contributed by atoms with Gasteiger partial charge in [-0.05, 0) is 23.8 Å². The first kappa shape index (κ1) is 12.0. The van der Waals surface area contributed by atoms with Crippen molar-refractivity contribution in [3.63, 3.8) is 0 Å². The summed E-state index contributed by atoms with van der Waals surface area (Å²) in [5, 5.41) is 13.6. The van der Waals surface area contributed by atoms with Gasteiger partial charge in [0.25, 0.3) is 0 Å². The summed E-state index contributed by atoms with van der Waals surface area (Å²) in [7, 11) is 0. The van der Waals surface area contributed by atoms with Crippen LogP contribution in [-0.2, 0) is 0 Å². The molecule has 0 fully saturated rings. The van der Waals surface area contributed by atoms with Gasteiger partial charge in [-0.3, -0.25) is 0 Å². The molecule has 3 aromatic heterocycles. The second-order valence-corrected chi connectivity index (χ2v) is 5.37. The quantitative estimate of drug-likeness (QED) is 0.579. The van der Waals surface area contributed by atoms with Crippen LogP contribution in [0.25, 0.3) is 28.7 Å². The number of aromatic nitrogens is 4. The smallest absolute Gasteiger partial charge is 0.235 e. The first-order chi connectivity index (χ1) is 10.4. The van der Waals surface area contributed by atoms with Crippen LogP contribution in [0, 0.1) is 0 Å². The lowest BCUT2D eigenvalue weighted by Gasteiger charge is -1.90. The summed E-state index contributed by atoms with van der Waals surface area (Å²) in [6, 6.07) is 13.8. The van der Waals surface area contributed by atoms with Gasteiger partial charge in [0.05, 0.1) is 6.26 Å². The van der Waals surface area contributed by atoms with E-state index in [2.05, 4.69) is 15.3 Å². The average molecular weight is 294 g/mol. The van der Waals surface area contributed by atoms with Crippen LogP contribution in [0.1, 0.15) is 10.6 Å². The van der Waals surface area contributed by atoms with Crippen LogP contribution in [0.3, 0.4) is 0 Å².